The zero-order valence-corrected chi connectivity index (χ0v) is 10.9. The molecule has 1 nitrogen and oxygen atoms in total. The van der Waals surface area contributed by atoms with Gasteiger partial charge in [-0.15, -0.1) is 0 Å². The predicted molar refractivity (Wildman–Crippen MR) is 72.9 cm³/mol. The number of hydrogen-bond acceptors (Lipinski definition) is 1. The third-order valence-electron chi connectivity index (χ3n) is 3.23. The van der Waals surface area contributed by atoms with Crippen molar-refractivity contribution in [3.05, 3.63) is 70.8 Å². The van der Waals surface area contributed by atoms with Crippen LogP contribution in [0, 0.1) is 18.6 Å². The summed E-state index contributed by atoms with van der Waals surface area (Å²) in [5, 5.41) is 0. The van der Waals surface area contributed by atoms with E-state index >= 15 is 0 Å². The van der Waals surface area contributed by atoms with Gasteiger partial charge in [0.2, 0.25) is 0 Å². The van der Waals surface area contributed by atoms with Gasteiger partial charge in [-0.05, 0) is 48.6 Å². The summed E-state index contributed by atoms with van der Waals surface area (Å²) in [5.74, 6) is -1.64. The SMILES string of the molecule is Cc1ccccc1CC(N)Cc1ccc(F)c(F)c1. The Morgan fingerprint density at radius 2 is 1.74 bits per heavy atom. The Morgan fingerprint density at radius 1 is 1.00 bits per heavy atom. The number of aryl methyl sites for hydroxylation is 1. The molecule has 0 saturated heterocycles. The van der Waals surface area contributed by atoms with Crippen LogP contribution in [0.1, 0.15) is 16.7 Å². The van der Waals surface area contributed by atoms with E-state index in [1.54, 1.807) is 6.07 Å². The fourth-order valence-electron chi connectivity index (χ4n) is 2.16. The highest BCUT2D eigenvalue weighted by Crippen LogP contribution is 2.14. The topological polar surface area (TPSA) is 26.0 Å². The van der Waals surface area contributed by atoms with Gasteiger partial charge in [-0.25, -0.2) is 8.78 Å². The van der Waals surface area contributed by atoms with Gasteiger partial charge >= 0.3 is 0 Å². The van der Waals surface area contributed by atoms with Crippen LogP contribution in [0.25, 0.3) is 0 Å². The van der Waals surface area contributed by atoms with Crippen molar-refractivity contribution >= 4 is 0 Å². The van der Waals surface area contributed by atoms with Crippen molar-refractivity contribution in [3.8, 4) is 0 Å². The van der Waals surface area contributed by atoms with Gasteiger partial charge in [-0.3, -0.25) is 0 Å². The van der Waals surface area contributed by atoms with Gasteiger partial charge in [0, 0.05) is 6.04 Å². The lowest BCUT2D eigenvalue weighted by molar-refractivity contribution is 0.506. The van der Waals surface area contributed by atoms with Gasteiger partial charge in [-0.2, -0.15) is 0 Å². The first-order valence-electron chi connectivity index (χ1n) is 6.30. The van der Waals surface area contributed by atoms with E-state index in [1.807, 2.05) is 31.2 Å². The van der Waals surface area contributed by atoms with Gasteiger partial charge in [0.1, 0.15) is 0 Å². The lowest BCUT2D eigenvalue weighted by Gasteiger charge is -2.13. The fraction of sp³-hybridized carbons (Fsp3) is 0.250. The normalized spacial score (nSPS) is 12.4. The highest BCUT2D eigenvalue weighted by atomic mass is 19.2. The molecule has 0 aliphatic heterocycles. The van der Waals surface area contributed by atoms with Gasteiger partial charge in [0.25, 0.3) is 0 Å². The Labute approximate surface area is 112 Å². The first-order chi connectivity index (χ1) is 9.06. The van der Waals surface area contributed by atoms with Gasteiger partial charge in [0.05, 0.1) is 0 Å². The fourth-order valence-corrected chi connectivity index (χ4v) is 2.16. The molecule has 0 aliphatic rings. The van der Waals surface area contributed by atoms with Crippen LogP contribution in [0.5, 0.6) is 0 Å². The van der Waals surface area contributed by atoms with Crippen molar-refractivity contribution < 1.29 is 8.78 Å². The monoisotopic (exact) mass is 261 g/mol. The minimum atomic E-state index is -0.823. The third-order valence-corrected chi connectivity index (χ3v) is 3.23. The van der Waals surface area contributed by atoms with Crippen LogP contribution in [0.15, 0.2) is 42.5 Å². The number of nitrogens with two attached hydrogens (primary N) is 1. The second kappa shape index (κ2) is 5.93. The van der Waals surface area contributed by atoms with Crippen LogP contribution in [-0.4, -0.2) is 6.04 Å². The number of hydrogen-bond donors (Lipinski definition) is 1. The van der Waals surface area contributed by atoms with Crippen molar-refractivity contribution in [2.45, 2.75) is 25.8 Å². The van der Waals surface area contributed by atoms with Crippen LogP contribution in [-0.2, 0) is 12.8 Å². The summed E-state index contributed by atoms with van der Waals surface area (Å²) < 4.78 is 25.9. The van der Waals surface area contributed by atoms with Crippen LogP contribution < -0.4 is 5.73 Å². The Balaban J connectivity index is 2.03. The standard InChI is InChI=1S/C16H17F2N/c1-11-4-2-3-5-13(11)10-14(19)8-12-6-7-15(17)16(18)9-12/h2-7,9,14H,8,10,19H2,1H3. The minimum absolute atomic E-state index is 0.106. The lowest BCUT2D eigenvalue weighted by Crippen LogP contribution is -2.26. The first-order valence-corrected chi connectivity index (χ1v) is 6.30. The number of rotatable bonds is 4. The summed E-state index contributed by atoms with van der Waals surface area (Å²) >= 11 is 0. The van der Waals surface area contributed by atoms with E-state index in [9.17, 15) is 8.78 Å². The minimum Gasteiger partial charge on any atom is -0.327 e. The molecule has 0 aromatic heterocycles. The highest BCUT2D eigenvalue weighted by Gasteiger charge is 2.09. The molecular weight excluding hydrogens is 244 g/mol. The first kappa shape index (κ1) is 13.7. The van der Waals surface area contributed by atoms with Crippen LogP contribution >= 0.6 is 0 Å². The molecule has 1 unspecified atom stereocenters. The van der Waals surface area contributed by atoms with Crippen LogP contribution in [0.3, 0.4) is 0 Å². The van der Waals surface area contributed by atoms with E-state index in [1.165, 1.54) is 17.2 Å². The molecule has 3 heteroatoms. The van der Waals surface area contributed by atoms with Crippen LogP contribution in [0.4, 0.5) is 8.78 Å². The maximum Gasteiger partial charge on any atom is 0.159 e. The summed E-state index contributed by atoms with van der Waals surface area (Å²) in [6.45, 7) is 2.04. The van der Waals surface area contributed by atoms with E-state index in [-0.39, 0.29) is 6.04 Å². The quantitative estimate of drug-likeness (QED) is 0.897. The van der Waals surface area contributed by atoms with E-state index < -0.39 is 11.6 Å². The van der Waals surface area contributed by atoms with Gasteiger partial charge in [0.15, 0.2) is 11.6 Å². The largest absolute Gasteiger partial charge is 0.327 e. The smallest absolute Gasteiger partial charge is 0.159 e. The zero-order chi connectivity index (χ0) is 13.8. The third kappa shape index (κ3) is 3.61. The Morgan fingerprint density at radius 3 is 2.42 bits per heavy atom. The van der Waals surface area contributed by atoms with Crippen molar-refractivity contribution in [3.63, 3.8) is 0 Å². The molecule has 0 bridgehead atoms. The molecule has 2 rings (SSSR count). The molecule has 1 atom stereocenters. The summed E-state index contributed by atoms with van der Waals surface area (Å²) in [6.07, 6.45) is 1.26. The molecule has 0 radical (unpaired) electrons. The van der Waals surface area contributed by atoms with Crippen LogP contribution in [0.2, 0.25) is 0 Å². The number of benzene rings is 2. The molecule has 2 aromatic carbocycles. The van der Waals surface area contributed by atoms with Crippen molar-refractivity contribution in [2.75, 3.05) is 0 Å². The van der Waals surface area contributed by atoms with E-state index in [0.29, 0.717) is 6.42 Å². The molecule has 19 heavy (non-hydrogen) atoms. The second-order valence-electron chi connectivity index (χ2n) is 4.84. The highest BCUT2D eigenvalue weighted by molar-refractivity contribution is 5.27. The average Bonchev–Trinajstić information content (AvgIpc) is 2.37. The molecule has 0 fully saturated rings. The summed E-state index contributed by atoms with van der Waals surface area (Å²) in [7, 11) is 0. The second-order valence-corrected chi connectivity index (χ2v) is 4.84. The molecule has 100 valence electrons. The van der Waals surface area contributed by atoms with Crippen molar-refractivity contribution in [1.82, 2.24) is 0 Å². The molecule has 0 amide bonds. The van der Waals surface area contributed by atoms with E-state index in [0.717, 1.165) is 18.1 Å². The zero-order valence-electron chi connectivity index (χ0n) is 10.9. The Bertz CT molecular complexity index is 566. The molecule has 0 spiro atoms. The van der Waals surface area contributed by atoms with E-state index in [4.69, 9.17) is 5.73 Å². The molecular formula is C16H17F2N. The molecule has 0 saturated carbocycles. The Kier molecular flexibility index (Phi) is 4.27. The summed E-state index contributed by atoms with van der Waals surface area (Å²) in [5.41, 5.74) is 9.19. The maximum absolute atomic E-state index is 13.1. The molecule has 0 heterocycles. The van der Waals surface area contributed by atoms with Crippen molar-refractivity contribution in [2.24, 2.45) is 5.73 Å². The van der Waals surface area contributed by atoms with Crippen molar-refractivity contribution in [1.29, 1.82) is 0 Å². The van der Waals surface area contributed by atoms with Gasteiger partial charge in [-0.1, -0.05) is 30.3 Å². The predicted octanol–water partition coefficient (Wildman–Crippen LogP) is 3.39. The lowest BCUT2D eigenvalue weighted by atomic mass is 9.97. The van der Waals surface area contributed by atoms with Gasteiger partial charge < -0.3 is 5.73 Å². The summed E-state index contributed by atoms with van der Waals surface area (Å²) in [6, 6.07) is 11.9. The molecule has 2 N–H and O–H groups in total. The average molecular weight is 261 g/mol. The number of halogens is 2. The summed E-state index contributed by atoms with van der Waals surface area (Å²) in [4.78, 5) is 0. The molecule has 2 aromatic rings. The van der Waals surface area contributed by atoms with E-state index in [2.05, 4.69) is 0 Å². The molecule has 0 aliphatic carbocycles. The maximum atomic E-state index is 13.1. The Hall–Kier alpha value is -1.74.